The maximum absolute atomic E-state index is 11.8. The van der Waals surface area contributed by atoms with E-state index < -0.39 is 5.60 Å². The average Bonchev–Trinajstić information content (AvgIpc) is 2.87. The van der Waals surface area contributed by atoms with Crippen molar-refractivity contribution < 1.29 is 14.6 Å². The van der Waals surface area contributed by atoms with Crippen LogP contribution in [0, 0.1) is 5.92 Å². The number of esters is 1. The van der Waals surface area contributed by atoms with Gasteiger partial charge in [-0.15, -0.1) is 0 Å². The zero-order chi connectivity index (χ0) is 15.5. The Bertz CT molecular complexity index is 474. The summed E-state index contributed by atoms with van der Waals surface area (Å²) >= 11 is 0. The summed E-state index contributed by atoms with van der Waals surface area (Å²) in [6, 6.07) is 0. The average molecular weight is 294 g/mol. The van der Waals surface area contributed by atoms with Crippen LogP contribution in [0.5, 0.6) is 0 Å². The molecule has 0 saturated heterocycles. The number of aliphatic hydroxyl groups is 1. The highest BCUT2D eigenvalue weighted by molar-refractivity contribution is 5.72. The van der Waals surface area contributed by atoms with Crippen LogP contribution in [-0.4, -0.2) is 32.8 Å². The molecule has 0 radical (unpaired) electrons. The van der Waals surface area contributed by atoms with E-state index in [0.29, 0.717) is 44.8 Å². The Morgan fingerprint density at radius 3 is 2.76 bits per heavy atom. The fourth-order valence-electron chi connectivity index (χ4n) is 3.08. The quantitative estimate of drug-likeness (QED) is 0.847. The van der Waals surface area contributed by atoms with Gasteiger partial charge in [0.15, 0.2) is 0 Å². The van der Waals surface area contributed by atoms with Crippen molar-refractivity contribution in [2.24, 2.45) is 5.92 Å². The summed E-state index contributed by atoms with van der Waals surface area (Å²) in [5.41, 5.74) is -0.743. The summed E-state index contributed by atoms with van der Waals surface area (Å²) < 4.78 is 7.11. The van der Waals surface area contributed by atoms with Crippen molar-refractivity contribution in [3.05, 3.63) is 18.2 Å². The van der Waals surface area contributed by atoms with E-state index in [4.69, 9.17) is 4.74 Å². The van der Waals surface area contributed by atoms with Crippen LogP contribution in [0.1, 0.15) is 58.2 Å². The minimum Gasteiger partial charge on any atom is -0.466 e. The van der Waals surface area contributed by atoms with Crippen LogP contribution in [0.4, 0.5) is 0 Å². The Labute approximate surface area is 126 Å². The molecule has 21 heavy (non-hydrogen) atoms. The van der Waals surface area contributed by atoms with Crippen molar-refractivity contribution in [2.75, 3.05) is 6.61 Å². The molecule has 1 fully saturated rings. The van der Waals surface area contributed by atoms with Gasteiger partial charge in [0.25, 0.3) is 0 Å². The van der Waals surface area contributed by atoms with Crippen molar-refractivity contribution >= 4 is 5.97 Å². The van der Waals surface area contributed by atoms with Gasteiger partial charge in [-0.05, 0) is 32.6 Å². The first kappa shape index (κ1) is 16.0. The molecule has 1 aliphatic carbocycles. The Kier molecular flexibility index (Phi) is 5.04. The molecule has 5 heteroatoms. The van der Waals surface area contributed by atoms with Crippen LogP contribution in [-0.2, 0) is 16.1 Å². The highest BCUT2D eigenvalue weighted by Crippen LogP contribution is 2.34. The second-order valence-corrected chi connectivity index (χ2v) is 6.32. The molecule has 0 amide bonds. The molecule has 2 rings (SSSR count). The van der Waals surface area contributed by atoms with Gasteiger partial charge in [0.2, 0.25) is 0 Å². The monoisotopic (exact) mass is 294 g/mol. The van der Waals surface area contributed by atoms with Crippen LogP contribution in [0.25, 0.3) is 0 Å². The Morgan fingerprint density at radius 1 is 1.52 bits per heavy atom. The standard InChI is InChI=1S/C16H26N2O3/c1-4-21-15(19)13-5-7-16(20,8-6-13)11-18-10-9-17-14(18)12(2)3/h9-10,12-13,20H,4-8,11H2,1-3H3. The molecule has 1 aliphatic rings. The first-order valence-corrected chi connectivity index (χ1v) is 7.85. The first-order valence-electron chi connectivity index (χ1n) is 7.85. The zero-order valence-corrected chi connectivity index (χ0v) is 13.2. The Balaban J connectivity index is 1.96. The van der Waals surface area contributed by atoms with Crippen molar-refractivity contribution in [3.8, 4) is 0 Å². The number of aromatic nitrogens is 2. The smallest absolute Gasteiger partial charge is 0.308 e. The Hall–Kier alpha value is -1.36. The molecule has 1 aromatic heterocycles. The van der Waals surface area contributed by atoms with E-state index in [9.17, 15) is 9.90 Å². The van der Waals surface area contributed by atoms with Crippen molar-refractivity contribution in [1.29, 1.82) is 0 Å². The Morgan fingerprint density at radius 2 is 2.19 bits per heavy atom. The predicted molar refractivity (Wildman–Crippen MR) is 79.9 cm³/mol. The van der Waals surface area contributed by atoms with E-state index in [-0.39, 0.29) is 11.9 Å². The second kappa shape index (κ2) is 6.60. The topological polar surface area (TPSA) is 64.3 Å². The summed E-state index contributed by atoms with van der Waals surface area (Å²) in [5.74, 6) is 1.15. The van der Waals surface area contributed by atoms with Crippen LogP contribution in [0.3, 0.4) is 0 Å². The maximum Gasteiger partial charge on any atom is 0.308 e. The van der Waals surface area contributed by atoms with E-state index in [1.54, 1.807) is 6.20 Å². The highest BCUT2D eigenvalue weighted by atomic mass is 16.5. The molecule has 1 N–H and O–H groups in total. The van der Waals surface area contributed by atoms with Gasteiger partial charge in [-0.25, -0.2) is 4.98 Å². The lowest BCUT2D eigenvalue weighted by molar-refractivity contribution is -0.151. The van der Waals surface area contributed by atoms with E-state index >= 15 is 0 Å². The molecule has 0 atom stereocenters. The molecular formula is C16H26N2O3. The van der Waals surface area contributed by atoms with Gasteiger partial charge in [0.1, 0.15) is 5.82 Å². The molecule has 5 nitrogen and oxygen atoms in total. The minimum absolute atomic E-state index is 0.0578. The molecule has 118 valence electrons. The molecule has 0 spiro atoms. The van der Waals surface area contributed by atoms with Gasteiger partial charge in [-0.3, -0.25) is 4.79 Å². The lowest BCUT2D eigenvalue weighted by Crippen LogP contribution is -2.40. The zero-order valence-electron chi connectivity index (χ0n) is 13.2. The van der Waals surface area contributed by atoms with E-state index in [1.165, 1.54) is 0 Å². The van der Waals surface area contributed by atoms with Crippen molar-refractivity contribution in [2.45, 2.75) is 64.5 Å². The highest BCUT2D eigenvalue weighted by Gasteiger charge is 2.37. The second-order valence-electron chi connectivity index (χ2n) is 6.32. The number of carbonyl (C=O) groups is 1. The summed E-state index contributed by atoms with van der Waals surface area (Å²) in [5, 5.41) is 10.8. The maximum atomic E-state index is 11.8. The number of imidazole rings is 1. The molecular weight excluding hydrogens is 268 g/mol. The van der Waals surface area contributed by atoms with Crippen LogP contribution < -0.4 is 0 Å². The third-order valence-electron chi connectivity index (χ3n) is 4.26. The first-order chi connectivity index (χ1) is 9.95. The SMILES string of the molecule is CCOC(=O)C1CCC(O)(Cn2ccnc2C(C)C)CC1. The van der Waals surface area contributed by atoms with Crippen molar-refractivity contribution in [1.82, 2.24) is 9.55 Å². The molecule has 0 unspecified atom stereocenters. The lowest BCUT2D eigenvalue weighted by atomic mass is 9.78. The van der Waals surface area contributed by atoms with Crippen LogP contribution >= 0.6 is 0 Å². The largest absolute Gasteiger partial charge is 0.466 e. The molecule has 1 heterocycles. The third-order valence-corrected chi connectivity index (χ3v) is 4.26. The van der Waals surface area contributed by atoms with E-state index in [1.807, 2.05) is 17.7 Å². The van der Waals surface area contributed by atoms with Crippen molar-refractivity contribution in [3.63, 3.8) is 0 Å². The van der Waals surface area contributed by atoms with Crippen LogP contribution in [0.15, 0.2) is 12.4 Å². The van der Waals surface area contributed by atoms with Gasteiger partial charge in [-0.1, -0.05) is 13.8 Å². The number of carbonyl (C=O) groups excluding carboxylic acids is 1. The fraction of sp³-hybridized carbons (Fsp3) is 0.750. The number of rotatable bonds is 5. The molecule has 0 aliphatic heterocycles. The number of hydrogen-bond acceptors (Lipinski definition) is 4. The van der Waals surface area contributed by atoms with E-state index in [2.05, 4.69) is 18.8 Å². The van der Waals surface area contributed by atoms with Gasteiger partial charge in [0.05, 0.1) is 24.7 Å². The molecule has 1 aromatic rings. The summed E-state index contributed by atoms with van der Waals surface area (Å²) in [6.45, 7) is 6.99. The number of hydrogen-bond donors (Lipinski definition) is 1. The van der Waals surface area contributed by atoms with Gasteiger partial charge in [0, 0.05) is 18.3 Å². The minimum atomic E-state index is -0.743. The van der Waals surface area contributed by atoms with E-state index in [0.717, 1.165) is 5.82 Å². The number of ether oxygens (including phenoxy) is 1. The number of nitrogens with zero attached hydrogens (tertiary/aromatic N) is 2. The molecule has 0 bridgehead atoms. The normalized spacial score (nSPS) is 26.0. The molecule has 1 saturated carbocycles. The van der Waals surface area contributed by atoms with Gasteiger partial charge in [-0.2, -0.15) is 0 Å². The van der Waals surface area contributed by atoms with Crippen LogP contribution in [0.2, 0.25) is 0 Å². The third kappa shape index (κ3) is 3.84. The summed E-state index contributed by atoms with van der Waals surface area (Å²) in [7, 11) is 0. The molecule has 0 aromatic carbocycles. The summed E-state index contributed by atoms with van der Waals surface area (Å²) in [6.07, 6.45) is 6.36. The van der Waals surface area contributed by atoms with Gasteiger partial charge < -0.3 is 14.4 Å². The predicted octanol–water partition coefficient (Wildman–Crippen LogP) is 2.49. The summed E-state index contributed by atoms with van der Waals surface area (Å²) in [4.78, 5) is 16.1. The van der Waals surface area contributed by atoms with Gasteiger partial charge >= 0.3 is 5.97 Å². The lowest BCUT2D eigenvalue weighted by Gasteiger charge is -2.35. The fourth-order valence-corrected chi connectivity index (χ4v) is 3.08.